The molecule has 1 aromatic heterocycles. The average molecular weight is 769 g/mol. The Balaban J connectivity index is 2.32. The standard InChI is InChI=1S/C37H64N6O9S/c1-5-8-9-10-11-12-13-14-15-16-17-18-36(48)52-32(28-50-30(4)44)29-51-37(49)27-43-26-31(40-41-43)25-39-34(46)19-23-53-24-22-42(35(47)7-3)21-20-38-33(45)6-2/h26,32H,5-25,27-29H2,1-4H3,(H,38,45)(H,39,46). The second-order valence-corrected chi connectivity index (χ2v) is 14.1. The number of thioether (sulfide) groups is 1. The first kappa shape index (κ1) is 47.3. The summed E-state index contributed by atoms with van der Waals surface area (Å²) in [5.74, 6) is -0.602. The zero-order chi connectivity index (χ0) is 39.1. The van der Waals surface area contributed by atoms with E-state index in [1.54, 1.807) is 30.5 Å². The molecule has 0 bridgehead atoms. The van der Waals surface area contributed by atoms with E-state index in [4.69, 9.17) is 14.2 Å². The molecule has 1 heterocycles. The third-order valence-electron chi connectivity index (χ3n) is 8.19. The summed E-state index contributed by atoms with van der Waals surface area (Å²) in [5.41, 5.74) is 0.451. The maximum absolute atomic E-state index is 12.5. The van der Waals surface area contributed by atoms with Gasteiger partial charge in [-0.1, -0.05) is 90.2 Å². The van der Waals surface area contributed by atoms with Crippen LogP contribution in [0.25, 0.3) is 0 Å². The fourth-order valence-corrected chi connectivity index (χ4v) is 6.01. The number of carbonyl (C=O) groups is 6. The van der Waals surface area contributed by atoms with E-state index >= 15 is 0 Å². The van der Waals surface area contributed by atoms with Crippen molar-refractivity contribution in [2.75, 3.05) is 44.4 Å². The predicted molar refractivity (Wildman–Crippen MR) is 203 cm³/mol. The van der Waals surface area contributed by atoms with Crippen LogP contribution >= 0.6 is 11.8 Å². The Morgan fingerprint density at radius 2 is 1.43 bits per heavy atom. The molecule has 0 aliphatic rings. The molecule has 0 spiro atoms. The van der Waals surface area contributed by atoms with Gasteiger partial charge < -0.3 is 29.7 Å². The number of nitrogens with zero attached hydrogens (tertiary/aromatic N) is 4. The van der Waals surface area contributed by atoms with Gasteiger partial charge in [-0.2, -0.15) is 11.8 Å². The number of hydrogen-bond donors (Lipinski definition) is 2. The molecule has 15 nitrogen and oxygen atoms in total. The van der Waals surface area contributed by atoms with Gasteiger partial charge in [-0.05, 0) is 6.42 Å². The lowest BCUT2D eigenvalue weighted by Crippen LogP contribution is -2.39. The highest BCUT2D eigenvalue weighted by Crippen LogP contribution is 2.13. The number of unbranched alkanes of at least 4 members (excludes halogenated alkanes) is 10. The third-order valence-corrected chi connectivity index (χ3v) is 9.15. The number of hydrogen-bond acceptors (Lipinski definition) is 12. The topological polar surface area (TPSA) is 188 Å². The van der Waals surface area contributed by atoms with Gasteiger partial charge >= 0.3 is 17.9 Å². The SMILES string of the molecule is CCCCCCCCCCCCCC(=O)OC(COC(C)=O)COC(=O)Cn1cc(CNC(=O)CCSCCN(CCNC(=O)CC)C(=O)CC)nn1. The van der Waals surface area contributed by atoms with Crippen molar-refractivity contribution >= 4 is 47.4 Å². The van der Waals surface area contributed by atoms with Gasteiger partial charge in [0.15, 0.2) is 6.10 Å². The van der Waals surface area contributed by atoms with Crippen molar-refractivity contribution in [2.45, 2.75) is 143 Å². The maximum Gasteiger partial charge on any atom is 0.327 e. The highest BCUT2D eigenvalue weighted by Gasteiger charge is 2.19. The van der Waals surface area contributed by atoms with Crippen LogP contribution in [0.1, 0.15) is 130 Å². The third kappa shape index (κ3) is 25.8. The minimum Gasteiger partial charge on any atom is -0.462 e. The van der Waals surface area contributed by atoms with Crippen LogP contribution in [-0.4, -0.2) is 106 Å². The van der Waals surface area contributed by atoms with E-state index in [1.807, 2.05) is 0 Å². The Kier molecular flexibility index (Phi) is 27.5. The zero-order valence-corrected chi connectivity index (χ0v) is 33.3. The van der Waals surface area contributed by atoms with E-state index in [1.165, 1.54) is 62.7 Å². The summed E-state index contributed by atoms with van der Waals surface area (Å²) in [4.78, 5) is 74.0. The first-order valence-electron chi connectivity index (χ1n) is 19.3. The Labute approximate surface area is 319 Å². The average Bonchev–Trinajstić information content (AvgIpc) is 3.59. The van der Waals surface area contributed by atoms with Crippen LogP contribution in [0, 0.1) is 0 Å². The van der Waals surface area contributed by atoms with Crippen LogP contribution in [0.15, 0.2) is 6.20 Å². The van der Waals surface area contributed by atoms with Gasteiger partial charge in [0.2, 0.25) is 17.7 Å². The van der Waals surface area contributed by atoms with E-state index in [0.29, 0.717) is 56.1 Å². The summed E-state index contributed by atoms with van der Waals surface area (Å²) in [7, 11) is 0. The summed E-state index contributed by atoms with van der Waals surface area (Å²) in [6.45, 7) is 7.79. The molecule has 1 unspecified atom stereocenters. The van der Waals surface area contributed by atoms with E-state index < -0.39 is 24.0 Å². The number of aromatic nitrogens is 3. The van der Waals surface area contributed by atoms with Crippen LogP contribution in [-0.2, 0) is 56.1 Å². The van der Waals surface area contributed by atoms with Crippen LogP contribution in [0.5, 0.6) is 0 Å². The van der Waals surface area contributed by atoms with Crippen molar-refractivity contribution in [3.63, 3.8) is 0 Å². The molecule has 0 fully saturated rings. The highest BCUT2D eigenvalue weighted by molar-refractivity contribution is 7.99. The lowest BCUT2D eigenvalue weighted by molar-refractivity contribution is -0.166. The van der Waals surface area contributed by atoms with Gasteiger partial charge in [0.25, 0.3) is 0 Å². The van der Waals surface area contributed by atoms with Gasteiger partial charge in [-0.25, -0.2) is 4.68 Å². The normalized spacial score (nSPS) is 11.4. The lowest BCUT2D eigenvalue weighted by atomic mass is 10.1. The van der Waals surface area contributed by atoms with Gasteiger partial charge in [0, 0.05) is 63.7 Å². The summed E-state index contributed by atoms with van der Waals surface area (Å²) >= 11 is 1.56. The monoisotopic (exact) mass is 768 g/mol. The second kappa shape index (κ2) is 30.7. The summed E-state index contributed by atoms with van der Waals surface area (Å²) in [6.07, 6.45) is 14.7. The van der Waals surface area contributed by atoms with Gasteiger partial charge in [0.1, 0.15) is 25.5 Å². The van der Waals surface area contributed by atoms with E-state index in [-0.39, 0.29) is 56.9 Å². The van der Waals surface area contributed by atoms with Crippen LogP contribution in [0.3, 0.4) is 0 Å². The predicted octanol–water partition coefficient (Wildman–Crippen LogP) is 4.50. The second-order valence-electron chi connectivity index (χ2n) is 12.9. The Bertz CT molecular complexity index is 1220. The fourth-order valence-electron chi connectivity index (χ4n) is 5.12. The largest absolute Gasteiger partial charge is 0.462 e. The van der Waals surface area contributed by atoms with Crippen molar-refractivity contribution < 1.29 is 43.0 Å². The van der Waals surface area contributed by atoms with Crippen molar-refractivity contribution in [2.24, 2.45) is 0 Å². The molecule has 1 aromatic rings. The van der Waals surface area contributed by atoms with Crippen molar-refractivity contribution in [3.05, 3.63) is 11.9 Å². The molecule has 302 valence electrons. The summed E-state index contributed by atoms with van der Waals surface area (Å²) in [6, 6.07) is 0. The molecule has 0 aliphatic heterocycles. The number of amides is 3. The molecule has 16 heteroatoms. The minimum absolute atomic E-state index is 0.0181. The van der Waals surface area contributed by atoms with Gasteiger partial charge in [0.05, 0.1) is 12.7 Å². The molecule has 0 aromatic carbocycles. The van der Waals surface area contributed by atoms with E-state index in [0.717, 1.165) is 19.3 Å². The van der Waals surface area contributed by atoms with Crippen molar-refractivity contribution in [1.82, 2.24) is 30.5 Å². The zero-order valence-electron chi connectivity index (χ0n) is 32.5. The molecule has 1 rings (SSSR count). The minimum atomic E-state index is -0.930. The first-order valence-corrected chi connectivity index (χ1v) is 20.5. The molecule has 53 heavy (non-hydrogen) atoms. The molecule has 1 atom stereocenters. The number of ether oxygens (including phenoxy) is 3. The quantitative estimate of drug-likeness (QED) is 0.0595. The van der Waals surface area contributed by atoms with Crippen LogP contribution in [0.2, 0.25) is 0 Å². The number of carbonyl (C=O) groups excluding carboxylic acids is 6. The van der Waals surface area contributed by atoms with Gasteiger partial charge in [-0.15, -0.1) is 5.10 Å². The maximum atomic E-state index is 12.5. The summed E-state index contributed by atoms with van der Waals surface area (Å²) < 4.78 is 17.0. The van der Waals surface area contributed by atoms with E-state index in [2.05, 4.69) is 27.9 Å². The first-order chi connectivity index (χ1) is 25.6. The van der Waals surface area contributed by atoms with Crippen molar-refractivity contribution in [3.8, 4) is 0 Å². The molecule has 0 saturated heterocycles. The lowest BCUT2D eigenvalue weighted by Gasteiger charge is -2.22. The highest BCUT2D eigenvalue weighted by atomic mass is 32.2. The van der Waals surface area contributed by atoms with Gasteiger partial charge in [-0.3, -0.25) is 28.8 Å². The smallest absolute Gasteiger partial charge is 0.327 e. The van der Waals surface area contributed by atoms with Crippen LogP contribution < -0.4 is 10.6 Å². The fraction of sp³-hybridized carbons (Fsp3) is 0.784. The Hall–Kier alpha value is -3.69. The molecule has 3 amide bonds. The Morgan fingerprint density at radius 3 is 2.08 bits per heavy atom. The molecular formula is C37H64N6O9S. The summed E-state index contributed by atoms with van der Waals surface area (Å²) in [5, 5.41) is 13.4. The molecular weight excluding hydrogens is 705 g/mol. The molecule has 0 aliphatic carbocycles. The van der Waals surface area contributed by atoms with E-state index in [9.17, 15) is 28.8 Å². The molecule has 0 radical (unpaired) electrons. The van der Waals surface area contributed by atoms with Crippen LogP contribution in [0.4, 0.5) is 0 Å². The number of rotatable bonds is 32. The van der Waals surface area contributed by atoms with Crippen molar-refractivity contribution in [1.29, 1.82) is 0 Å². The number of nitrogens with one attached hydrogen (secondary N) is 2. The number of esters is 3. The molecule has 2 N–H and O–H groups in total. The molecule has 0 saturated carbocycles. The Morgan fingerprint density at radius 1 is 0.774 bits per heavy atom.